The van der Waals surface area contributed by atoms with Gasteiger partial charge in [0.15, 0.2) is 0 Å². The summed E-state index contributed by atoms with van der Waals surface area (Å²) in [7, 11) is 1.38. The fourth-order valence-corrected chi connectivity index (χ4v) is 2.83. The van der Waals surface area contributed by atoms with Crippen molar-refractivity contribution in [3.8, 4) is 0 Å². The molecular formula is C15H21N3O3. The van der Waals surface area contributed by atoms with Crippen LogP contribution in [0.5, 0.6) is 0 Å². The van der Waals surface area contributed by atoms with Crippen molar-refractivity contribution >= 4 is 17.3 Å². The zero-order valence-electron chi connectivity index (χ0n) is 12.2. The third-order valence-corrected chi connectivity index (χ3v) is 4.18. The van der Waals surface area contributed by atoms with E-state index in [9.17, 15) is 4.79 Å². The van der Waals surface area contributed by atoms with Gasteiger partial charge in [-0.05, 0) is 18.2 Å². The average Bonchev–Trinajstić information content (AvgIpc) is 2.45. The number of methoxy groups -OCH3 is 1. The zero-order chi connectivity index (χ0) is 14.8. The minimum Gasteiger partial charge on any atom is -0.465 e. The van der Waals surface area contributed by atoms with E-state index < -0.39 is 0 Å². The quantitative estimate of drug-likeness (QED) is 0.649. The second kappa shape index (κ2) is 5.91. The minimum atomic E-state index is -0.353. The smallest absolute Gasteiger partial charge is 0.337 e. The highest BCUT2D eigenvalue weighted by Gasteiger charge is 2.29. The SMILES string of the molecule is COC(=O)c1cc(N)cc(N2CCN(C3COC3)CC2)c1. The van der Waals surface area contributed by atoms with Crippen LogP contribution in [0.1, 0.15) is 10.4 Å². The largest absolute Gasteiger partial charge is 0.465 e. The van der Waals surface area contributed by atoms with Crippen molar-refractivity contribution in [3.63, 3.8) is 0 Å². The van der Waals surface area contributed by atoms with Crippen LogP contribution in [0.25, 0.3) is 0 Å². The van der Waals surface area contributed by atoms with E-state index in [2.05, 4.69) is 9.80 Å². The first-order chi connectivity index (χ1) is 10.2. The number of ether oxygens (including phenoxy) is 2. The number of carbonyl (C=O) groups excluding carboxylic acids is 1. The predicted molar refractivity (Wildman–Crippen MR) is 80.6 cm³/mol. The van der Waals surface area contributed by atoms with Crippen LogP contribution in [0.15, 0.2) is 18.2 Å². The summed E-state index contributed by atoms with van der Waals surface area (Å²) in [5.74, 6) is -0.353. The summed E-state index contributed by atoms with van der Waals surface area (Å²) >= 11 is 0. The van der Waals surface area contributed by atoms with Crippen LogP contribution in [0.4, 0.5) is 11.4 Å². The molecule has 2 heterocycles. The number of hydrogen-bond acceptors (Lipinski definition) is 6. The lowest BCUT2D eigenvalue weighted by molar-refractivity contribution is -0.0660. The Morgan fingerprint density at radius 2 is 1.95 bits per heavy atom. The van der Waals surface area contributed by atoms with Crippen LogP contribution in [-0.2, 0) is 9.47 Å². The number of anilines is 2. The number of carbonyl (C=O) groups is 1. The first kappa shape index (κ1) is 14.2. The Kier molecular flexibility index (Phi) is 3.98. The molecule has 0 unspecified atom stereocenters. The number of nitrogen functional groups attached to an aromatic ring is 1. The van der Waals surface area contributed by atoms with Gasteiger partial charge in [0.25, 0.3) is 0 Å². The van der Waals surface area contributed by atoms with E-state index in [1.165, 1.54) is 7.11 Å². The second-order valence-electron chi connectivity index (χ2n) is 5.52. The molecule has 0 aliphatic carbocycles. The maximum absolute atomic E-state index is 11.7. The Hall–Kier alpha value is -1.79. The number of esters is 1. The Morgan fingerprint density at radius 1 is 1.24 bits per heavy atom. The number of rotatable bonds is 3. The molecule has 2 aliphatic rings. The lowest BCUT2D eigenvalue weighted by Gasteiger charge is -2.43. The van der Waals surface area contributed by atoms with Gasteiger partial charge in [-0.1, -0.05) is 0 Å². The molecule has 0 saturated carbocycles. The Balaban J connectivity index is 1.69. The molecule has 0 bridgehead atoms. The highest BCUT2D eigenvalue weighted by Crippen LogP contribution is 2.23. The van der Waals surface area contributed by atoms with E-state index in [0.717, 1.165) is 45.1 Å². The van der Waals surface area contributed by atoms with Gasteiger partial charge in [-0.3, -0.25) is 4.90 Å². The third kappa shape index (κ3) is 2.96. The summed E-state index contributed by atoms with van der Waals surface area (Å²) in [5.41, 5.74) is 7.98. The van der Waals surface area contributed by atoms with Crippen molar-refractivity contribution in [1.29, 1.82) is 0 Å². The van der Waals surface area contributed by atoms with Crippen molar-refractivity contribution in [2.24, 2.45) is 0 Å². The number of nitrogens with zero attached hydrogens (tertiary/aromatic N) is 2. The van der Waals surface area contributed by atoms with E-state index in [0.29, 0.717) is 17.3 Å². The van der Waals surface area contributed by atoms with Crippen LogP contribution < -0.4 is 10.6 Å². The number of benzene rings is 1. The maximum atomic E-state index is 11.7. The molecule has 3 rings (SSSR count). The van der Waals surface area contributed by atoms with Crippen LogP contribution in [0.3, 0.4) is 0 Å². The standard InChI is InChI=1S/C15H21N3O3/c1-20-15(19)11-6-12(16)8-13(7-11)17-2-4-18(5-3-17)14-9-21-10-14/h6-8,14H,2-5,9-10,16H2,1H3. The second-order valence-corrected chi connectivity index (χ2v) is 5.52. The van der Waals surface area contributed by atoms with Crippen molar-refractivity contribution in [2.75, 3.05) is 57.1 Å². The molecule has 0 radical (unpaired) electrons. The van der Waals surface area contributed by atoms with E-state index in [1.807, 2.05) is 12.1 Å². The zero-order valence-corrected chi connectivity index (χ0v) is 12.2. The summed E-state index contributed by atoms with van der Waals surface area (Å²) < 4.78 is 10.0. The molecule has 2 aliphatic heterocycles. The van der Waals surface area contributed by atoms with E-state index in [1.54, 1.807) is 6.07 Å². The van der Waals surface area contributed by atoms with Gasteiger partial charge < -0.3 is 20.1 Å². The van der Waals surface area contributed by atoms with Gasteiger partial charge in [0.1, 0.15) is 0 Å². The summed E-state index contributed by atoms with van der Waals surface area (Å²) in [5, 5.41) is 0. The van der Waals surface area contributed by atoms with Gasteiger partial charge in [0.05, 0.1) is 31.9 Å². The molecule has 6 heteroatoms. The van der Waals surface area contributed by atoms with E-state index in [-0.39, 0.29) is 5.97 Å². The lowest BCUT2D eigenvalue weighted by Crippen LogP contribution is -2.56. The van der Waals surface area contributed by atoms with Crippen molar-refractivity contribution in [2.45, 2.75) is 6.04 Å². The first-order valence-electron chi connectivity index (χ1n) is 7.23. The van der Waals surface area contributed by atoms with Gasteiger partial charge in [-0.25, -0.2) is 4.79 Å². The molecule has 21 heavy (non-hydrogen) atoms. The maximum Gasteiger partial charge on any atom is 0.337 e. The number of hydrogen-bond donors (Lipinski definition) is 1. The highest BCUT2D eigenvalue weighted by molar-refractivity contribution is 5.91. The third-order valence-electron chi connectivity index (χ3n) is 4.18. The molecule has 2 saturated heterocycles. The van der Waals surface area contributed by atoms with Crippen LogP contribution in [-0.4, -0.2) is 63.4 Å². The molecule has 0 amide bonds. The average molecular weight is 291 g/mol. The summed E-state index contributed by atoms with van der Waals surface area (Å²) in [6.45, 7) is 5.59. The molecule has 1 aromatic carbocycles. The first-order valence-corrected chi connectivity index (χ1v) is 7.23. The summed E-state index contributed by atoms with van der Waals surface area (Å²) in [6.07, 6.45) is 0. The van der Waals surface area contributed by atoms with E-state index in [4.69, 9.17) is 15.2 Å². The number of piperazine rings is 1. The predicted octanol–water partition coefficient (Wildman–Crippen LogP) is 0.576. The molecule has 0 atom stereocenters. The van der Waals surface area contributed by atoms with Gasteiger partial charge in [0, 0.05) is 37.6 Å². The van der Waals surface area contributed by atoms with Gasteiger partial charge in [-0.15, -0.1) is 0 Å². The highest BCUT2D eigenvalue weighted by atomic mass is 16.5. The fourth-order valence-electron chi connectivity index (χ4n) is 2.83. The molecule has 2 N–H and O–H groups in total. The molecule has 2 fully saturated rings. The van der Waals surface area contributed by atoms with Crippen molar-refractivity contribution in [3.05, 3.63) is 23.8 Å². The fraction of sp³-hybridized carbons (Fsp3) is 0.533. The topological polar surface area (TPSA) is 68.0 Å². The monoisotopic (exact) mass is 291 g/mol. The molecule has 114 valence electrons. The number of nitrogens with two attached hydrogens (primary N) is 1. The summed E-state index contributed by atoms with van der Waals surface area (Å²) in [6, 6.07) is 5.99. The van der Waals surface area contributed by atoms with Crippen LogP contribution in [0.2, 0.25) is 0 Å². The van der Waals surface area contributed by atoms with Gasteiger partial charge >= 0.3 is 5.97 Å². The molecule has 6 nitrogen and oxygen atoms in total. The molecule has 1 aromatic rings. The van der Waals surface area contributed by atoms with Gasteiger partial charge in [-0.2, -0.15) is 0 Å². The summed E-state index contributed by atoms with van der Waals surface area (Å²) in [4.78, 5) is 16.4. The molecule has 0 spiro atoms. The van der Waals surface area contributed by atoms with Crippen molar-refractivity contribution in [1.82, 2.24) is 4.90 Å². The van der Waals surface area contributed by atoms with Gasteiger partial charge in [0.2, 0.25) is 0 Å². The molecule has 0 aromatic heterocycles. The normalized spacial score (nSPS) is 20.1. The van der Waals surface area contributed by atoms with E-state index >= 15 is 0 Å². The Labute approximate surface area is 124 Å². The Bertz CT molecular complexity index is 523. The van der Waals surface area contributed by atoms with Crippen LogP contribution >= 0.6 is 0 Å². The minimum absolute atomic E-state index is 0.353. The lowest BCUT2D eigenvalue weighted by atomic mass is 10.1. The Morgan fingerprint density at radius 3 is 2.52 bits per heavy atom. The van der Waals surface area contributed by atoms with Crippen molar-refractivity contribution < 1.29 is 14.3 Å². The van der Waals surface area contributed by atoms with Crippen LogP contribution in [0, 0.1) is 0 Å². The molecular weight excluding hydrogens is 270 g/mol.